The third-order valence-corrected chi connectivity index (χ3v) is 1.60. The van der Waals surface area contributed by atoms with Gasteiger partial charge in [0, 0.05) is 6.04 Å². The fraction of sp³-hybridized carbons (Fsp3) is 0.333. The lowest BCUT2D eigenvalue weighted by Crippen LogP contribution is -2.09. The number of nitrogen functional groups attached to an aromatic ring is 1. The van der Waals surface area contributed by atoms with Crippen LogP contribution < -0.4 is 11.1 Å². The van der Waals surface area contributed by atoms with Gasteiger partial charge in [-0.05, 0) is 31.2 Å². The smallest absolute Gasteiger partial charge is 0.153 e. The molecule has 0 aliphatic rings. The molecule has 0 amide bonds. The molecule has 1 aromatic carbocycles. The highest BCUT2D eigenvalue weighted by atomic mass is 16.3. The van der Waals surface area contributed by atoms with E-state index in [0.717, 1.165) is 0 Å². The second-order valence-electron chi connectivity index (χ2n) is 3.13. The van der Waals surface area contributed by atoms with E-state index >= 15 is 0 Å². The Hall–Kier alpha value is -1.58. The third kappa shape index (κ3) is 2.18. The molecular formula is C9H13N3O. The minimum atomic E-state index is 0.252. The second kappa shape index (κ2) is 3.89. The first-order valence-corrected chi connectivity index (χ1v) is 4.13. The van der Waals surface area contributed by atoms with Crippen molar-refractivity contribution in [3.8, 4) is 0 Å². The highest BCUT2D eigenvalue weighted by Crippen LogP contribution is 2.31. The Labute approximate surface area is 77.1 Å². The van der Waals surface area contributed by atoms with Gasteiger partial charge in [0.15, 0.2) is 5.69 Å². The summed E-state index contributed by atoms with van der Waals surface area (Å²) in [7, 11) is 0. The van der Waals surface area contributed by atoms with Gasteiger partial charge < -0.3 is 11.1 Å². The second-order valence-corrected chi connectivity index (χ2v) is 3.13. The van der Waals surface area contributed by atoms with Crippen LogP contribution in [0.3, 0.4) is 0 Å². The zero-order chi connectivity index (χ0) is 9.84. The SMILES string of the molecule is CC(C)Nc1cccc(N)c1N=O. The van der Waals surface area contributed by atoms with E-state index in [-0.39, 0.29) is 11.7 Å². The number of benzene rings is 1. The Morgan fingerprint density at radius 1 is 1.46 bits per heavy atom. The van der Waals surface area contributed by atoms with Crippen molar-refractivity contribution >= 4 is 17.1 Å². The van der Waals surface area contributed by atoms with Gasteiger partial charge in [-0.2, -0.15) is 0 Å². The maximum Gasteiger partial charge on any atom is 0.153 e. The molecule has 0 atom stereocenters. The van der Waals surface area contributed by atoms with Crippen LogP contribution in [0.15, 0.2) is 23.4 Å². The van der Waals surface area contributed by atoms with Crippen molar-refractivity contribution in [3.63, 3.8) is 0 Å². The number of hydrogen-bond acceptors (Lipinski definition) is 4. The molecule has 1 rings (SSSR count). The summed E-state index contributed by atoms with van der Waals surface area (Å²) in [5.41, 5.74) is 6.95. The summed E-state index contributed by atoms with van der Waals surface area (Å²) in [6.45, 7) is 3.97. The molecule has 0 spiro atoms. The van der Waals surface area contributed by atoms with E-state index in [1.54, 1.807) is 18.2 Å². The van der Waals surface area contributed by atoms with Gasteiger partial charge >= 0.3 is 0 Å². The van der Waals surface area contributed by atoms with E-state index in [1.165, 1.54) is 0 Å². The van der Waals surface area contributed by atoms with Crippen molar-refractivity contribution in [2.75, 3.05) is 11.1 Å². The van der Waals surface area contributed by atoms with Crippen LogP contribution in [0.4, 0.5) is 17.1 Å². The maximum atomic E-state index is 10.5. The number of hydrogen-bond donors (Lipinski definition) is 2. The number of nitrogens with one attached hydrogen (secondary N) is 1. The Morgan fingerprint density at radius 3 is 2.69 bits per heavy atom. The summed E-state index contributed by atoms with van der Waals surface area (Å²) in [6, 6.07) is 5.48. The lowest BCUT2D eigenvalue weighted by molar-refractivity contribution is 0.900. The van der Waals surface area contributed by atoms with E-state index in [1.807, 2.05) is 13.8 Å². The van der Waals surface area contributed by atoms with Crippen molar-refractivity contribution in [2.45, 2.75) is 19.9 Å². The summed E-state index contributed by atoms with van der Waals surface area (Å²) in [4.78, 5) is 10.5. The number of nitrogens with two attached hydrogens (primary N) is 1. The summed E-state index contributed by atoms with van der Waals surface area (Å²) in [5.74, 6) is 0. The summed E-state index contributed by atoms with van der Waals surface area (Å²) in [5, 5.41) is 5.98. The Kier molecular flexibility index (Phi) is 2.84. The van der Waals surface area contributed by atoms with Crippen molar-refractivity contribution in [1.29, 1.82) is 0 Å². The fourth-order valence-corrected chi connectivity index (χ4v) is 1.09. The van der Waals surface area contributed by atoms with Gasteiger partial charge in [0.05, 0.1) is 11.4 Å². The lowest BCUT2D eigenvalue weighted by atomic mass is 10.2. The number of rotatable bonds is 3. The minimum Gasteiger partial charge on any atom is -0.397 e. The highest BCUT2D eigenvalue weighted by molar-refractivity contribution is 5.78. The Morgan fingerprint density at radius 2 is 2.15 bits per heavy atom. The van der Waals surface area contributed by atoms with E-state index in [2.05, 4.69) is 10.5 Å². The zero-order valence-corrected chi connectivity index (χ0v) is 7.74. The van der Waals surface area contributed by atoms with Crippen molar-refractivity contribution in [2.24, 2.45) is 5.18 Å². The standard InChI is InChI=1S/C9H13N3O/c1-6(2)11-8-5-3-4-7(10)9(8)12-13/h3-6,11H,10H2,1-2H3. The van der Waals surface area contributed by atoms with Gasteiger partial charge in [-0.25, -0.2) is 0 Å². The topological polar surface area (TPSA) is 67.5 Å². The molecule has 0 saturated heterocycles. The number of anilines is 2. The molecule has 13 heavy (non-hydrogen) atoms. The van der Waals surface area contributed by atoms with Crippen molar-refractivity contribution < 1.29 is 0 Å². The maximum absolute atomic E-state index is 10.5. The molecule has 0 bridgehead atoms. The average Bonchev–Trinajstić information content (AvgIpc) is 2.03. The average molecular weight is 179 g/mol. The molecule has 0 fully saturated rings. The highest BCUT2D eigenvalue weighted by Gasteiger charge is 2.06. The molecule has 4 nitrogen and oxygen atoms in total. The molecule has 0 saturated carbocycles. The zero-order valence-electron chi connectivity index (χ0n) is 7.74. The molecular weight excluding hydrogens is 166 g/mol. The normalized spacial score (nSPS) is 10.1. The largest absolute Gasteiger partial charge is 0.397 e. The van der Waals surface area contributed by atoms with Crippen LogP contribution in [0.1, 0.15) is 13.8 Å². The van der Waals surface area contributed by atoms with Crippen LogP contribution in [0.25, 0.3) is 0 Å². The third-order valence-electron chi connectivity index (χ3n) is 1.60. The molecule has 70 valence electrons. The summed E-state index contributed by atoms with van der Waals surface area (Å²) >= 11 is 0. The quantitative estimate of drug-likeness (QED) is 0.553. The number of nitrogens with zero attached hydrogens (tertiary/aromatic N) is 1. The van der Waals surface area contributed by atoms with Gasteiger partial charge in [-0.15, -0.1) is 4.91 Å². The van der Waals surface area contributed by atoms with Gasteiger partial charge in [-0.1, -0.05) is 6.07 Å². The van der Waals surface area contributed by atoms with Crippen molar-refractivity contribution in [3.05, 3.63) is 23.1 Å². The molecule has 0 heterocycles. The lowest BCUT2D eigenvalue weighted by Gasteiger charge is -2.11. The van der Waals surface area contributed by atoms with Gasteiger partial charge in [-0.3, -0.25) is 0 Å². The molecule has 0 radical (unpaired) electrons. The van der Waals surface area contributed by atoms with Gasteiger partial charge in [0.25, 0.3) is 0 Å². The monoisotopic (exact) mass is 179 g/mol. The van der Waals surface area contributed by atoms with Crippen LogP contribution in [-0.4, -0.2) is 6.04 Å². The molecule has 1 aromatic rings. The van der Waals surface area contributed by atoms with E-state index in [9.17, 15) is 4.91 Å². The van der Waals surface area contributed by atoms with Crippen LogP contribution in [0.5, 0.6) is 0 Å². The first-order chi connectivity index (χ1) is 6.15. The summed E-state index contributed by atoms with van der Waals surface area (Å²) < 4.78 is 0. The van der Waals surface area contributed by atoms with E-state index < -0.39 is 0 Å². The van der Waals surface area contributed by atoms with E-state index in [4.69, 9.17) is 5.73 Å². The van der Waals surface area contributed by atoms with E-state index in [0.29, 0.717) is 11.4 Å². The Balaban J connectivity index is 3.05. The molecule has 0 aliphatic heterocycles. The fourth-order valence-electron chi connectivity index (χ4n) is 1.09. The van der Waals surface area contributed by atoms with Crippen LogP contribution >= 0.6 is 0 Å². The summed E-state index contributed by atoms with van der Waals surface area (Å²) in [6.07, 6.45) is 0. The number of nitroso groups, excluding NO2 is 1. The van der Waals surface area contributed by atoms with Crippen LogP contribution in [-0.2, 0) is 0 Å². The molecule has 4 heteroatoms. The molecule has 0 aromatic heterocycles. The molecule has 0 aliphatic carbocycles. The predicted octanol–water partition coefficient (Wildman–Crippen LogP) is 2.49. The minimum absolute atomic E-state index is 0.252. The first-order valence-electron chi connectivity index (χ1n) is 4.13. The predicted molar refractivity (Wildman–Crippen MR) is 55.1 cm³/mol. The van der Waals surface area contributed by atoms with Gasteiger partial charge in [0.2, 0.25) is 0 Å². The van der Waals surface area contributed by atoms with Gasteiger partial charge in [0.1, 0.15) is 0 Å². The molecule has 0 unspecified atom stereocenters. The van der Waals surface area contributed by atoms with Crippen LogP contribution in [0, 0.1) is 4.91 Å². The van der Waals surface area contributed by atoms with Crippen molar-refractivity contribution in [1.82, 2.24) is 0 Å². The first kappa shape index (κ1) is 9.51. The Bertz CT molecular complexity index is 310. The molecule has 3 N–H and O–H groups in total. The van der Waals surface area contributed by atoms with Crippen LogP contribution in [0.2, 0.25) is 0 Å².